The second-order valence-corrected chi connectivity index (χ2v) is 8.75. The van der Waals surface area contributed by atoms with Crippen molar-refractivity contribution in [2.24, 2.45) is 5.92 Å². The molecule has 3 fully saturated rings. The van der Waals surface area contributed by atoms with Crippen molar-refractivity contribution in [3.63, 3.8) is 0 Å². The zero-order valence-corrected chi connectivity index (χ0v) is 17.2. The van der Waals surface area contributed by atoms with Crippen LogP contribution in [0.5, 0.6) is 0 Å². The van der Waals surface area contributed by atoms with E-state index in [-0.39, 0.29) is 5.92 Å². The molecule has 0 radical (unpaired) electrons. The standard InChI is InChI=1S/C22H29ClN4O/c23-20-15-17(16-24)5-6-21(20)26-11-7-18(8-12-26)22(28)27-10-2-9-25(13-14-27)19-3-1-4-19/h5-6,15,18-19H,1-4,7-14H2. The number of nitriles is 1. The van der Waals surface area contributed by atoms with Gasteiger partial charge in [0, 0.05) is 51.2 Å². The highest BCUT2D eigenvalue weighted by molar-refractivity contribution is 6.33. The van der Waals surface area contributed by atoms with E-state index in [1.807, 2.05) is 12.1 Å². The van der Waals surface area contributed by atoms with Gasteiger partial charge in [-0.1, -0.05) is 18.0 Å². The van der Waals surface area contributed by atoms with Gasteiger partial charge in [-0.15, -0.1) is 0 Å². The molecule has 0 N–H and O–H groups in total. The summed E-state index contributed by atoms with van der Waals surface area (Å²) in [4.78, 5) is 20.1. The molecule has 5 nitrogen and oxygen atoms in total. The van der Waals surface area contributed by atoms with E-state index >= 15 is 0 Å². The Hall–Kier alpha value is -1.77. The average Bonchev–Trinajstić information content (AvgIpc) is 2.92. The summed E-state index contributed by atoms with van der Waals surface area (Å²) in [6, 6.07) is 8.35. The van der Waals surface area contributed by atoms with Crippen LogP contribution in [0.3, 0.4) is 0 Å². The lowest BCUT2D eigenvalue weighted by molar-refractivity contribution is -0.136. The molecular formula is C22H29ClN4O. The summed E-state index contributed by atoms with van der Waals surface area (Å²) in [6.07, 6.45) is 6.89. The van der Waals surface area contributed by atoms with Crippen molar-refractivity contribution in [3.8, 4) is 6.07 Å². The van der Waals surface area contributed by atoms with Crippen molar-refractivity contribution in [1.82, 2.24) is 9.80 Å². The van der Waals surface area contributed by atoms with Gasteiger partial charge >= 0.3 is 0 Å². The number of amides is 1. The average molecular weight is 401 g/mol. The summed E-state index contributed by atoms with van der Waals surface area (Å²) < 4.78 is 0. The largest absolute Gasteiger partial charge is 0.370 e. The van der Waals surface area contributed by atoms with Gasteiger partial charge in [-0.25, -0.2) is 0 Å². The van der Waals surface area contributed by atoms with E-state index in [9.17, 15) is 4.79 Å². The van der Waals surface area contributed by atoms with Crippen LogP contribution in [0.4, 0.5) is 5.69 Å². The van der Waals surface area contributed by atoms with Crippen LogP contribution in [-0.4, -0.2) is 61.0 Å². The lowest BCUT2D eigenvalue weighted by atomic mass is 9.91. The minimum atomic E-state index is 0.128. The smallest absolute Gasteiger partial charge is 0.225 e. The number of nitrogens with zero attached hydrogens (tertiary/aromatic N) is 4. The van der Waals surface area contributed by atoms with E-state index in [1.165, 1.54) is 19.3 Å². The molecule has 0 unspecified atom stereocenters. The maximum Gasteiger partial charge on any atom is 0.225 e. The molecule has 0 atom stereocenters. The SMILES string of the molecule is N#Cc1ccc(N2CCC(C(=O)N3CCCN(C4CCC4)CC3)CC2)c(Cl)c1. The summed E-state index contributed by atoms with van der Waals surface area (Å²) in [5, 5.41) is 9.62. The van der Waals surface area contributed by atoms with Crippen LogP contribution in [0.25, 0.3) is 0 Å². The van der Waals surface area contributed by atoms with Gasteiger partial charge in [-0.05, 0) is 50.3 Å². The molecule has 2 heterocycles. The summed E-state index contributed by atoms with van der Waals surface area (Å²) in [7, 11) is 0. The van der Waals surface area contributed by atoms with Gasteiger partial charge in [-0.3, -0.25) is 9.69 Å². The normalized spacial score (nSPS) is 22.4. The third kappa shape index (κ3) is 4.14. The number of hydrogen-bond donors (Lipinski definition) is 0. The predicted octanol–water partition coefficient (Wildman–Crippen LogP) is 3.51. The van der Waals surface area contributed by atoms with Crippen LogP contribution in [0.2, 0.25) is 5.02 Å². The molecular weight excluding hydrogens is 372 g/mol. The van der Waals surface area contributed by atoms with Crippen LogP contribution in [-0.2, 0) is 4.79 Å². The van der Waals surface area contributed by atoms with Crippen molar-refractivity contribution in [1.29, 1.82) is 5.26 Å². The van der Waals surface area contributed by atoms with Gasteiger partial charge in [0.15, 0.2) is 0 Å². The highest BCUT2D eigenvalue weighted by atomic mass is 35.5. The summed E-state index contributed by atoms with van der Waals surface area (Å²) >= 11 is 6.36. The predicted molar refractivity (Wildman–Crippen MR) is 112 cm³/mol. The number of carbonyl (C=O) groups is 1. The summed E-state index contributed by atoms with van der Waals surface area (Å²) in [5.74, 6) is 0.477. The van der Waals surface area contributed by atoms with Crippen LogP contribution in [0, 0.1) is 17.2 Å². The van der Waals surface area contributed by atoms with E-state index in [0.29, 0.717) is 16.5 Å². The minimum Gasteiger partial charge on any atom is -0.370 e. The van der Waals surface area contributed by atoms with Gasteiger partial charge < -0.3 is 9.80 Å². The first-order valence-corrected chi connectivity index (χ1v) is 11.0. The van der Waals surface area contributed by atoms with Crippen molar-refractivity contribution in [3.05, 3.63) is 28.8 Å². The Morgan fingerprint density at radius 1 is 1.00 bits per heavy atom. The van der Waals surface area contributed by atoms with Gasteiger partial charge in [-0.2, -0.15) is 5.26 Å². The van der Waals surface area contributed by atoms with Crippen molar-refractivity contribution < 1.29 is 4.79 Å². The number of benzene rings is 1. The monoisotopic (exact) mass is 400 g/mol. The molecule has 0 bridgehead atoms. The molecule has 3 aliphatic rings. The van der Waals surface area contributed by atoms with Crippen LogP contribution in [0.15, 0.2) is 18.2 Å². The fourth-order valence-corrected chi connectivity index (χ4v) is 5.03. The topological polar surface area (TPSA) is 50.6 Å². The Balaban J connectivity index is 1.31. The Labute approximate surface area is 172 Å². The highest BCUT2D eigenvalue weighted by Crippen LogP contribution is 2.31. The van der Waals surface area contributed by atoms with E-state index in [4.69, 9.17) is 16.9 Å². The molecule has 1 aliphatic carbocycles. The lowest BCUT2D eigenvalue weighted by Crippen LogP contribution is -2.45. The Morgan fingerprint density at radius 2 is 1.79 bits per heavy atom. The molecule has 1 saturated carbocycles. The first-order valence-electron chi connectivity index (χ1n) is 10.6. The van der Waals surface area contributed by atoms with Crippen molar-refractivity contribution in [2.45, 2.75) is 44.6 Å². The Bertz CT molecular complexity index is 749. The number of anilines is 1. The molecule has 4 rings (SSSR count). The molecule has 6 heteroatoms. The number of halogens is 1. The zero-order chi connectivity index (χ0) is 19.5. The number of carbonyl (C=O) groups excluding carboxylic acids is 1. The second-order valence-electron chi connectivity index (χ2n) is 8.34. The molecule has 150 valence electrons. The van der Waals surface area contributed by atoms with Crippen molar-refractivity contribution >= 4 is 23.2 Å². The van der Waals surface area contributed by atoms with Gasteiger partial charge in [0.05, 0.1) is 22.3 Å². The third-order valence-corrected chi connectivity index (χ3v) is 7.00. The number of hydrogen-bond acceptors (Lipinski definition) is 4. The number of piperidine rings is 1. The molecule has 2 saturated heterocycles. The third-order valence-electron chi connectivity index (χ3n) is 6.69. The van der Waals surface area contributed by atoms with Crippen LogP contribution >= 0.6 is 11.6 Å². The summed E-state index contributed by atoms with van der Waals surface area (Å²) in [5.41, 5.74) is 1.55. The first-order chi connectivity index (χ1) is 13.7. The molecule has 1 amide bonds. The first kappa shape index (κ1) is 19.5. The van der Waals surface area contributed by atoms with Gasteiger partial charge in [0.1, 0.15) is 0 Å². The van der Waals surface area contributed by atoms with E-state index < -0.39 is 0 Å². The molecule has 2 aliphatic heterocycles. The van der Waals surface area contributed by atoms with E-state index in [1.54, 1.807) is 6.07 Å². The fraction of sp³-hybridized carbons (Fsp3) is 0.636. The fourth-order valence-electron chi connectivity index (χ4n) is 4.73. The molecule has 0 aromatic heterocycles. The minimum absolute atomic E-state index is 0.128. The van der Waals surface area contributed by atoms with Crippen LogP contribution in [0.1, 0.15) is 44.1 Å². The van der Waals surface area contributed by atoms with Crippen molar-refractivity contribution in [2.75, 3.05) is 44.2 Å². The number of rotatable bonds is 3. The quantitative estimate of drug-likeness (QED) is 0.779. The van der Waals surface area contributed by atoms with E-state index in [2.05, 4.69) is 20.8 Å². The zero-order valence-electron chi connectivity index (χ0n) is 16.4. The van der Waals surface area contributed by atoms with E-state index in [0.717, 1.165) is 70.3 Å². The van der Waals surface area contributed by atoms with Crippen LogP contribution < -0.4 is 4.90 Å². The van der Waals surface area contributed by atoms with Gasteiger partial charge in [0.2, 0.25) is 5.91 Å². The Kier molecular flexibility index (Phi) is 6.08. The molecule has 1 aromatic rings. The lowest BCUT2D eigenvalue weighted by Gasteiger charge is -2.37. The molecule has 0 spiro atoms. The molecule has 1 aromatic carbocycles. The van der Waals surface area contributed by atoms with Gasteiger partial charge in [0.25, 0.3) is 0 Å². The highest BCUT2D eigenvalue weighted by Gasteiger charge is 2.32. The maximum absolute atomic E-state index is 13.1. The maximum atomic E-state index is 13.1. The summed E-state index contributed by atoms with van der Waals surface area (Å²) in [6.45, 7) is 5.65. The molecule has 28 heavy (non-hydrogen) atoms. The second kappa shape index (κ2) is 8.71. The Morgan fingerprint density at radius 3 is 2.43 bits per heavy atom.